The van der Waals surface area contributed by atoms with Crippen molar-refractivity contribution in [2.75, 3.05) is 11.9 Å². The molecule has 0 radical (unpaired) electrons. The van der Waals surface area contributed by atoms with E-state index in [1.165, 1.54) is 11.3 Å². The van der Waals surface area contributed by atoms with Crippen LogP contribution in [0.4, 0.5) is 5.69 Å². The van der Waals surface area contributed by atoms with Crippen LogP contribution in [-0.2, 0) is 6.42 Å². The van der Waals surface area contributed by atoms with Crippen molar-refractivity contribution in [3.05, 3.63) is 45.9 Å². The van der Waals surface area contributed by atoms with E-state index in [0.717, 1.165) is 23.2 Å². The number of thiazole rings is 1. The zero-order valence-electron chi connectivity index (χ0n) is 11.1. The van der Waals surface area contributed by atoms with E-state index < -0.39 is 0 Å². The van der Waals surface area contributed by atoms with E-state index >= 15 is 0 Å². The van der Waals surface area contributed by atoms with E-state index in [9.17, 15) is 4.79 Å². The lowest BCUT2D eigenvalue weighted by Crippen LogP contribution is -2.11. The van der Waals surface area contributed by atoms with Crippen molar-refractivity contribution in [1.82, 2.24) is 4.98 Å². The predicted octanol–water partition coefficient (Wildman–Crippen LogP) is 2.27. The molecule has 2 rings (SSSR count). The molecule has 0 aliphatic carbocycles. The molecule has 20 heavy (non-hydrogen) atoms. The Kier molecular flexibility index (Phi) is 4.88. The number of anilines is 1. The quantitative estimate of drug-likeness (QED) is 0.850. The van der Waals surface area contributed by atoms with Crippen molar-refractivity contribution in [2.45, 2.75) is 13.3 Å². The molecule has 4 nitrogen and oxygen atoms in total. The van der Waals surface area contributed by atoms with Gasteiger partial charge in [0.2, 0.25) is 0 Å². The standard InChI is InChI=1S/C15H15N3OS/c1-2-12-8-11(4-3-7-16)5-6-13(12)18-15(19)14-9-17-10-20-14/h5-6,8-10H,2,7,16H2,1H3,(H,18,19). The van der Waals surface area contributed by atoms with Gasteiger partial charge < -0.3 is 11.1 Å². The first kappa shape index (κ1) is 14.3. The van der Waals surface area contributed by atoms with Gasteiger partial charge in [0.05, 0.1) is 18.3 Å². The Morgan fingerprint density at radius 2 is 2.35 bits per heavy atom. The average molecular weight is 285 g/mol. The SMILES string of the molecule is CCc1cc(C#CCN)ccc1NC(=O)c1cncs1. The fourth-order valence-electron chi connectivity index (χ4n) is 1.75. The molecule has 0 unspecified atom stereocenters. The van der Waals surface area contributed by atoms with Crippen molar-refractivity contribution in [3.8, 4) is 11.8 Å². The van der Waals surface area contributed by atoms with Crippen LogP contribution in [0.25, 0.3) is 0 Å². The predicted molar refractivity (Wildman–Crippen MR) is 81.8 cm³/mol. The largest absolute Gasteiger partial charge is 0.321 e. The molecule has 0 bridgehead atoms. The minimum absolute atomic E-state index is 0.136. The molecule has 0 atom stereocenters. The van der Waals surface area contributed by atoms with Gasteiger partial charge in [0.25, 0.3) is 5.91 Å². The molecule has 5 heteroatoms. The zero-order valence-corrected chi connectivity index (χ0v) is 12.0. The van der Waals surface area contributed by atoms with Crippen LogP contribution in [0.15, 0.2) is 29.9 Å². The zero-order chi connectivity index (χ0) is 14.4. The summed E-state index contributed by atoms with van der Waals surface area (Å²) in [6.07, 6.45) is 2.38. The summed E-state index contributed by atoms with van der Waals surface area (Å²) in [5, 5.41) is 2.91. The van der Waals surface area contributed by atoms with E-state index in [-0.39, 0.29) is 5.91 Å². The third-order valence-corrected chi connectivity index (χ3v) is 3.50. The number of carbonyl (C=O) groups excluding carboxylic acids is 1. The summed E-state index contributed by atoms with van der Waals surface area (Å²) in [4.78, 5) is 16.5. The first-order chi connectivity index (χ1) is 9.74. The summed E-state index contributed by atoms with van der Waals surface area (Å²) in [5.41, 5.74) is 9.76. The Bertz CT molecular complexity index is 653. The number of benzene rings is 1. The first-order valence-electron chi connectivity index (χ1n) is 6.26. The van der Waals surface area contributed by atoms with Crippen LogP contribution >= 0.6 is 11.3 Å². The highest BCUT2D eigenvalue weighted by atomic mass is 32.1. The maximum absolute atomic E-state index is 12.0. The number of aryl methyl sites for hydroxylation is 1. The summed E-state index contributed by atoms with van der Waals surface area (Å²) in [7, 11) is 0. The van der Waals surface area contributed by atoms with Gasteiger partial charge in [-0.2, -0.15) is 0 Å². The molecule has 1 amide bonds. The molecule has 2 aromatic rings. The van der Waals surface area contributed by atoms with Crippen LogP contribution in [0.3, 0.4) is 0 Å². The van der Waals surface area contributed by atoms with Gasteiger partial charge in [0.1, 0.15) is 4.88 Å². The topological polar surface area (TPSA) is 68.0 Å². The second-order valence-electron chi connectivity index (χ2n) is 4.05. The second kappa shape index (κ2) is 6.85. The molecule has 102 valence electrons. The number of aromatic nitrogens is 1. The van der Waals surface area contributed by atoms with Crippen LogP contribution in [0.1, 0.15) is 27.7 Å². The van der Waals surface area contributed by atoms with Crippen LogP contribution < -0.4 is 11.1 Å². The van der Waals surface area contributed by atoms with Gasteiger partial charge in [-0.1, -0.05) is 18.8 Å². The summed E-state index contributed by atoms with van der Waals surface area (Å²) in [5.74, 6) is 5.68. The van der Waals surface area contributed by atoms with E-state index in [1.807, 2.05) is 25.1 Å². The normalized spacial score (nSPS) is 9.70. The van der Waals surface area contributed by atoms with Gasteiger partial charge in [0, 0.05) is 11.3 Å². The Balaban J connectivity index is 2.21. The van der Waals surface area contributed by atoms with Gasteiger partial charge in [-0.25, -0.2) is 0 Å². The highest BCUT2D eigenvalue weighted by Crippen LogP contribution is 2.19. The minimum atomic E-state index is -0.136. The van der Waals surface area contributed by atoms with Crippen LogP contribution in [0.2, 0.25) is 0 Å². The summed E-state index contributed by atoms with van der Waals surface area (Å²) < 4.78 is 0. The minimum Gasteiger partial charge on any atom is -0.321 e. The molecular weight excluding hydrogens is 270 g/mol. The van der Waals surface area contributed by atoms with Crippen molar-refractivity contribution >= 4 is 22.9 Å². The van der Waals surface area contributed by atoms with Crippen LogP contribution in [0, 0.1) is 11.8 Å². The molecular formula is C15H15N3OS. The number of hydrogen-bond acceptors (Lipinski definition) is 4. The summed E-state index contributed by atoms with van der Waals surface area (Å²) in [6.45, 7) is 2.38. The molecule has 0 fully saturated rings. The molecule has 0 aliphatic heterocycles. The Hall–Kier alpha value is -2.16. The number of hydrogen-bond donors (Lipinski definition) is 2. The van der Waals surface area contributed by atoms with Gasteiger partial charge in [0.15, 0.2) is 0 Å². The lowest BCUT2D eigenvalue weighted by molar-refractivity contribution is 0.103. The summed E-state index contributed by atoms with van der Waals surface area (Å²) >= 11 is 1.32. The second-order valence-corrected chi connectivity index (χ2v) is 4.94. The highest BCUT2D eigenvalue weighted by Gasteiger charge is 2.10. The van der Waals surface area contributed by atoms with Crippen molar-refractivity contribution in [3.63, 3.8) is 0 Å². The van der Waals surface area contributed by atoms with Crippen molar-refractivity contribution in [2.24, 2.45) is 5.73 Å². The smallest absolute Gasteiger partial charge is 0.267 e. The van der Waals surface area contributed by atoms with E-state index in [2.05, 4.69) is 22.1 Å². The Labute approximate surface area is 122 Å². The molecule has 0 aliphatic rings. The monoisotopic (exact) mass is 285 g/mol. The van der Waals surface area contributed by atoms with Gasteiger partial charge in [-0.05, 0) is 30.2 Å². The fourth-order valence-corrected chi connectivity index (χ4v) is 2.27. The highest BCUT2D eigenvalue weighted by molar-refractivity contribution is 7.11. The van der Waals surface area contributed by atoms with Crippen LogP contribution in [0.5, 0.6) is 0 Å². The lowest BCUT2D eigenvalue weighted by atomic mass is 10.1. The van der Waals surface area contributed by atoms with Gasteiger partial charge >= 0.3 is 0 Å². The molecule has 1 aromatic carbocycles. The first-order valence-corrected chi connectivity index (χ1v) is 7.14. The Morgan fingerprint density at radius 3 is 3.00 bits per heavy atom. The molecule has 0 saturated heterocycles. The molecule has 3 N–H and O–H groups in total. The average Bonchev–Trinajstić information content (AvgIpc) is 3.00. The maximum atomic E-state index is 12.0. The maximum Gasteiger partial charge on any atom is 0.267 e. The summed E-state index contributed by atoms with van der Waals surface area (Å²) in [6, 6.07) is 5.73. The van der Waals surface area contributed by atoms with Gasteiger partial charge in [-0.15, -0.1) is 11.3 Å². The number of amides is 1. The third-order valence-electron chi connectivity index (χ3n) is 2.73. The molecule has 0 saturated carbocycles. The molecule has 0 spiro atoms. The van der Waals surface area contributed by atoms with E-state index in [4.69, 9.17) is 5.73 Å². The molecule has 1 aromatic heterocycles. The van der Waals surface area contributed by atoms with Crippen LogP contribution in [-0.4, -0.2) is 17.4 Å². The number of nitrogens with zero attached hydrogens (tertiary/aromatic N) is 1. The molecule has 1 heterocycles. The van der Waals surface area contributed by atoms with E-state index in [1.54, 1.807) is 11.7 Å². The third kappa shape index (κ3) is 3.44. The van der Waals surface area contributed by atoms with Crippen molar-refractivity contribution < 1.29 is 4.79 Å². The van der Waals surface area contributed by atoms with Crippen molar-refractivity contribution in [1.29, 1.82) is 0 Å². The number of carbonyl (C=O) groups is 1. The number of rotatable bonds is 3. The van der Waals surface area contributed by atoms with E-state index in [0.29, 0.717) is 11.4 Å². The number of nitrogens with one attached hydrogen (secondary N) is 1. The van der Waals surface area contributed by atoms with Gasteiger partial charge in [-0.3, -0.25) is 9.78 Å². The lowest BCUT2D eigenvalue weighted by Gasteiger charge is -2.09. The fraction of sp³-hybridized carbons (Fsp3) is 0.200. The Morgan fingerprint density at radius 1 is 1.50 bits per heavy atom. The number of nitrogens with two attached hydrogens (primary N) is 1.